The maximum atomic E-state index is 12.8. The van der Waals surface area contributed by atoms with Gasteiger partial charge in [0.15, 0.2) is 0 Å². The summed E-state index contributed by atoms with van der Waals surface area (Å²) >= 11 is 1.77. The van der Waals surface area contributed by atoms with Crippen LogP contribution < -0.4 is 5.56 Å². The van der Waals surface area contributed by atoms with Gasteiger partial charge in [0.25, 0.3) is 5.56 Å². The second kappa shape index (κ2) is 4.19. The molecule has 0 aliphatic heterocycles. The molecule has 1 aromatic rings. The van der Waals surface area contributed by atoms with Crippen LogP contribution in [0.1, 0.15) is 6.92 Å². The molecule has 0 aliphatic carbocycles. The van der Waals surface area contributed by atoms with Crippen molar-refractivity contribution in [2.45, 2.75) is 19.6 Å². The quantitative estimate of drug-likeness (QED) is 0.827. The number of pyridine rings is 1. The molecule has 1 N–H and O–H groups in total. The van der Waals surface area contributed by atoms with Crippen LogP contribution in [0.2, 0.25) is 0 Å². The predicted octanol–water partition coefficient (Wildman–Crippen LogP) is 0.973. The minimum absolute atomic E-state index is 0.118. The molecule has 0 saturated heterocycles. The van der Waals surface area contributed by atoms with Gasteiger partial charge in [0.05, 0.1) is 16.2 Å². The monoisotopic (exact) mass is 297 g/mol. The van der Waals surface area contributed by atoms with E-state index in [-0.39, 0.29) is 12.1 Å². The van der Waals surface area contributed by atoms with Gasteiger partial charge < -0.3 is 9.67 Å². The summed E-state index contributed by atoms with van der Waals surface area (Å²) in [4.78, 5) is 11.3. The zero-order valence-electron chi connectivity index (χ0n) is 7.00. The van der Waals surface area contributed by atoms with E-state index < -0.39 is 11.9 Å². The number of aromatic nitrogens is 1. The van der Waals surface area contributed by atoms with Crippen molar-refractivity contribution in [3.8, 4) is 0 Å². The van der Waals surface area contributed by atoms with Gasteiger partial charge in [0, 0.05) is 6.20 Å². The Balaban J connectivity index is 3.13. The summed E-state index contributed by atoms with van der Waals surface area (Å²) in [6.45, 7) is 1.66. The van der Waals surface area contributed by atoms with E-state index in [1.165, 1.54) is 10.6 Å². The summed E-state index contributed by atoms with van der Waals surface area (Å²) < 4.78 is 14.3. The lowest BCUT2D eigenvalue weighted by molar-refractivity contribution is 0.171. The Hall–Kier alpha value is -0.430. The molecule has 0 aliphatic rings. The van der Waals surface area contributed by atoms with Crippen molar-refractivity contribution in [3.05, 3.63) is 32.0 Å². The lowest BCUT2D eigenvalue weighted by Crippen LogP contribution is -2.26. The topological polar surface area (TPSA) is 42.2 Å². The fourth-order valence-electron chi connectivity index (χ4n) is 0.985. The number of halogens is 2. The van der Waals surface area contributed by atoms with Crippen molar-refractivity contribution < 1.29 is 9.50 Å². The summed E-state index contributed by atoms with van der Waals surface area (Å²) in [6.07, 6.45) is 0.437. The van der Waals surface area contributed by atoms with Gasteiger partial charge in [-0.2, -0.15) is 0 Å². The van der Waals surface area contributed by atoms with Gasteiger partial charge in [0.2, 0.25) is 0 Å². The van der Waals surface area contributed by atoms with Gasteiger partial charge in [-0.25, -0.2) is 4.39 Å². The Morgan fingerprint density at radius 3 is 2.92 bits per heavy atom. The van der Waals surface area contributed by atoms with Crippen molar-refractivity contribution in [1.29, 1.82) is 0 Å². The predicted molar refractivity (Wildman–Crippen MR) is 55.1 cm³/mol. The van der Waals surface area contributed by atoms with Gasteiger partial charge in [-0.15, -0.1) is 0 Å². The minimum Gasteiger partial charge on any atom is -0.392 e. The number of hydrogen-bond acceptors (Lipinski definition) is 2. The third-order valence-electron chi connectivity index (χ3n) is 1.47. The first-order valence-corrected chi connectivity index (χ1v) is 4.82. The Morgan fingerprint density at radius 2 is 2.38 bits per heavy atom. The van der Waals surface area contributed by atoms with Crippen LogP contribution in [0.25, 0.3) is 0 Å². The molecular weight excluding hydrogens is 288 g/mol. The van der Waals surface area contributed by atoms with Gasteiger partial charge in [-0.1, -0.05) is 0 Å². The molecule has 0 bridgehead atoms. The van der Waals surface area contributed by atoms with Crippen LogP contribution in [0, 0.1) is 9.39 Å². The highest BCUT2D eigenvalue weighted by Gasteiger charge is 2.05. The summed E-state index contributed by atoms with van der Waals surface area (Å²) in [5.41, 5.74) is -0.275. The third kappa shape index (κ3) is 2.77. The highest BCUT2D eigenvalue weighted by molar-refractivity contribution is 14.1. The van der Waals surface area contributed by atoms with Crippen LogP contribution in [0.4, 0.5) is 4.39 Å². The normalized spacial score (nSPS) is 12.9. The molecule has 5 heteroatoms. The summed E-state index contributed by atoms with van der Waals surface area (Å²) in [5.74, 6) is -0.468. The highest BCUT2D eigenvalue weighted by Crippen LogP contribution is 2.01. The van der Waals surface area contributed by atoms with E-state index in [1.807, 2.05) is 0 Å². The molecule has 0 aromatic carbocycles. The third-order valence-corrected chi connectivity index (χ3v) is 2.24. The molecule has 13 heavy (non-hydrogen) atoms. The molecule has 1 atom stereocenters. The first kappa shape index (κ1) is 10.6. The van der Waals surface area contributed by atoms with Crippen LogP contribution in [-0.2, 0) is 6.54 Å². The van der Waals surface area contributed by atoms with Crippen LogP contribution in [0.3, 0.4) is 0 Å². The van der Waals surface area contributed by atoms with Gasteiger partial charge in [-0.05, 0) is 35.6 Å². The fourth-order valence-corrected chi connectivity index (χ4v) is 1.59. The lowest BCUT2D eigenvalue weighted by Gasteiger charge is -2.07. The molecule has 0 amide bonds. The first-order valence-electron chi connectivity index (χ1n) is 3.74. The van der Waals surface area contributed by atoms with Crippen molar-refractivity contribution in [2.24, 2.45) is 0 Å². The molecule has 0 radical (unpaired) electrons. The summed E-state index contributed by atoms with van der Waals surface area (Å²) in [6, 6.07) is 1.17. The van der Waals surface area contributed by atoms with E-state index in [2.05, 4.69) is 0 Å². The van der Waals surface area contributed by atoms with E-state index in [9.17, 15) is 9.18 Å². The lowest BCUT2D eigenvalue weighted by atomic mass is 10.4. The van der Waals surface area contributed by atoms with Crippen molar-refractivity contribution in [1.82, 2.24) is 4.57 Å². The highest BCUT2D eigenvalue weighted by atomic mass is 127. The molecule has 1 aromatic heterocycles. The number of nitrogens with zero attached hydrogens (tertiary/aromatic N) is 1. The summed E-state index contributed by atoms with van der Waals surface area (Å²) in [5, 5.41) is 9.03. The van der Waals surface area contributed by atoms with Gasteiger partial charge >= 0.3 is 0 Å². The first-order chi connectivity index (χ1) is 6.00. The molecule has 0 fully saturated rings. The Labute approximate surface area is 88.3 Å². The van der Waals surface area contributed by atoms with E-state index in [4.69, 9.17) is 5.11 Å². The number of hydrogen-bond donors (Lipinski definition) is 1. The van der Waals surface area contributed by atoms with E-state index >= 15 is 0 Å². The van der Waals surface area contributed by atoms with Crippen LogP contribution in [0.15, 0.2) is 17.1 Å². The van der Waals surface area contributed by atoms with E-state index in [0.717, 1.165) is 6.20 Å². The average molecular weight is 297 g/mol. The summed E-state index contributed by atoms with van der Waals surface area (Å²) in [7, 11) is 0. The maximum Gasteiger partial charge on any atom is 0.264 e. The molecule has 1 unspecified atom stereocenters. The van der Waals surface area contributed by atoms with Gasteiger partial charge in [0.1, 0.15) is 5.82 Å². The smallest absolute Gasteiger partial charge is 0.264 e. The molecule has 72 valence electrons. The molecular formula is C8H9FINO2. The largest absolute Gasteiger partial charge is 0.392 e. The second-order valence-electron chi connectivity index (χ2n) is 2.81. The van der Waals surface area contributed by atoms with Crippen LogP contribution in [-0.4, -0.2) is 15.8 Å². The zero-order valence-corrected chi connectivity index (χ0v) is 9.16. The van der Waals surface area contributed by atoms with E-state index in [1.54, 1.807) is 29.5 Å². The Bertz CT molecular complexity index is 362. The Morgan fingerprint density at radius 1 is 1.77 bits per heavy atom. The molecule has 1 heterocycles. The van der Waals surface area contributed by atoms with Crippen molar-refractivity contribution in [3.63, 3.8) is 0 Å². The maximum absolute atomic E-state index is 12.8. The molecule has 1 rings (SSSR count). The number of aliphatic hydroxyl groups is 1. The van der Waals surface area contributed by atoms with Crippen LogP contribution in [0.5, 0.6) is 0 Å². The molecule has 0 saturated carbocycles. The van der Waals surface area contributed by atoms with E-state index in [0.29, 0.717) is 3.57 Å². The number of aliphatic hydroxyl groups excluding tert-OH is 1. The Kier molecular flexibility index (Phi) is 3.43. The fraction of sp³-hybridized carbons (Fsp3) is 0.375. The van der Waals surface area contributed by atoms with Crippen LogP contribution >= 0.6 is 22.6 Å². The van der Waals surface area contributed by atoms with Crippen molar-refractivity contribution in [2.75, 3.05) is 0 Å². The zero-order chi connectivity index (χ0) is 10.0. The SMILES string of the molecule is CC(O)Cn1cc(F)cc(I)c1=O. The second-order valence-corrected chi connectivity index (χ2v) is 3.97. The molecule has 0 spiro atoms. The van der Waals surface area contributed by atoms with Gasteiger partial charge in [-0.3, -0.25) is 4.79 Å². The standard InChI is InChI=1S/C8H9FINO2/c1-5(12)3-11-4-6(9)2-7(10)8(11)13/h2,4-5,12H,3H2,1H3. The van der Waals surface area contributed by atoms with Crippen molar-refractivity contribution >= 4 is 22.6 Å². The minimum atomic E-state index is -0.657. The molecule has 3 nitrogen and oxygen atoms in total. The average Bonchev–Trinajstić information content (AvgIpc) is 1.98. The number of rotatable bonds is 2.